The number of benzene rings is 4. The largest absolute Gasteiger partial charge is 0.394 e. The molecule has 0 amide bonds. The second-order valence-electron chi connectivity index (χ2n) is 8.07. The SMILES string of the molecule is c1ccc(C2(c3ccccc3)CCC[Si](c3ccccc3)(c3ccccc3)O2)cc1. The van der Waals surface area contributed by atoms with Crippen molar-refractivity contribution in [1.82, 2.24) is 0 Å². The summed E-state index contributed by atoms with van der Waals surface area (Å²) >= 11 is 0. The predicted octanol–water partition coefficient (Wildman–Crippen LogP) is 5.50. The molecule has 148 valence electrons. The van der Waals surface area contributed by atoms with Gasteiger partial charge >= 0.3 is 0 Å². The monoisotopic (exact) mass is 406 g/mol. The van der Waals surface area contributed by atoms with Gasteiger partial charge in [-0.2, -0.15) is 0 Å². The van der Waals surface area contributed by atoms with E-state index in [0.717, 1.165) is 18.9 Å². The molecular weight excluding hydrogens is 380 g/mol. The average Bonchev–Trinajstić information content (AvgIpc) is 2.86. The van der Waals surface area contributed by atoms with Crippen LogP contribution in [0.5, 0.6) is 0 Å². The fraction of sp³-hybridized carbons (Fsp3) is 0.143. The number of rotatable bonds is 4. The maximum Gasteiger partial charge on any atom is 0.257 e. The minimum absolute atomic E-state index is 0.432. The van der Waals surface area contributed by atoms with Crippen molar-refractivity contribution in [3.05, 3.63) is 132 Å². The van der Waals surface area contributed by atoms with Crippen LogP contribution < -0.4 is 10.4 Å². The molecule has 4 aromatic rings. The molecule has 0 spiro atoms. The second kappa shape index (κ2) is 8.06. The highest BCUT2D eigenvalue weighted by atomic mass is 28.4. The Kier molecular flexibility index (Phi) is 5.12. The molecule has 0 saturated carbocycles. The van der Waals surface area contributed by atoms with Gasteiger partial charge in [0.25, 0.3) is 8.32 Å². The highest BCUT2D eigenvalue weighted by Crippen LogP contribution is 2.45. The standard InChI is InChI=1S/C28H26OSi/c1-5-14-24(15-6-1)28(25-16-7-2-8-17-25)22-13-23-30(29-28,26-18-9-3-10-19-26)27-20-11-4-12-21-27/h1-12,14-21H,13,22-23H2. The zero-order valence-electron chi connectivity index (χ0n) is 17.1. The van der Waals surface area contributed by atoms with Crippen molar-refractivity contribution in [3.63, 3.8) is 0 Å². The van der Waals surface area contributed by atoms with Crippen LogP contribution in [0.25, 0.3) is 0 Å². The minimum atomic E-state index is -2.44. The van der Waals surface area contributed by atoms with Gasteiger partial charge in [-0.05, 0) is 40.4 Å². The summed E-state index contributed by atoms with van der Waals surface area (Å²) in [4.78, 5) is 0. The Bertz CT molecular complexity index is 911. The molecule has 1 heterocycles. The lowest BCUT2D eigenvalue weighted by atomic mass is 9.83. The van der Waals surface area contributed by atoms with Crippen LogP contribution in [-0.2, 0) is 10.0 Å². The Hall–Kier alpha value is -2.94. The summed E-state index contributed by atoms with van der Waals surface area (Å²) in [6, 6.07) is 44.6. The van der Waals surface area contributed by atoms with E-state index >= 15 is 0 Å². The maximum atomic E-state index is 7.54. The Morgan fingerprint density at radius 2 is 0.933 bits per heavy atom. The van der Waals surface area contributed by atoms with E-state index in [-0.39, 0.29) is 0 Å². The Balaban J connectivity index is 1.74. The molecule has 0 unspecified atom stereocenters. The van der Waals surface area contributed by atoms with Gasteiger partial charge < -0.3 is 4.43 Å². The predicted molar refractivity (Wildman–Crippen MR) is 127 cm³/mol. The molecule has 0 N–H and O–H groups in total. The second-order valence-corrected chi connectivity index (χ2v) is 11.6. The van der Waals surface area contributed by atoms with E-state index in [4.69, 9.17) is 4.43 Å². The van der Waals surface area contributed by atoms with Crippen molar-refractivity contribution in [2.45, 2.75) is 24.5 Å². The van der Waals surface area contributed by atoms with E-state index in [0.29, 0.717) is 0 Å². The number of hydrogen-bond donors (Lipinski definition) is 0. The first kappa shape index (κ1) is 19.0. The van der Waals surface area contributed by atoms with Gasteiger partial charge in [0, 0.05) is 0 Å². The first-order valence-electron chi connectivity index (χ1n) is 10.8. The van der Waals surface area contributed by atoms with Gasteiger partial charge in [0.15, 0.2) is 0 Å². The summed E-state index contributed by atoms with van der Waals surface area (Å²) < 4.78 is 7.54. The summed E-state index contributed by atoms with van der Waals surface area (Å²) in [5.41, 5.74) is 2.07. The average molecular weight is 407 g/mol. The molecule has 0 atom stereocenters. The first-order chi connectivity index (χ1) is 14.8. The minimum Gasteiger partial charge on any atom is -0.394 e. The molecule has 1 aliphatic heterocycles. The maximum absolute atomic E-state index is 7.54. The van der Waals surface area contributed by atoms with Gasteiger partial charge in [-0.3, -0.25) is 0 Å². The van der Waals surface area contributed by atoms with Crippen molar-refractivity contribution in [1.29, 1.82) is 0 Å². The third kappa shape index (κ3) is 3.22. The van der Waals surface area contributed by atoms with Crippen LogP contribution in [-0.4, -0.2) is 8.32 Å². The van der Waals surface area contributed by atoms with Crippen molar-refractivity contribution in [2.24, 2.45) is 0 Å². The van der Waals surface area contributed by atoms with E-state index < -0.39 is 13.9 Å². The fourth-order valence-corrected chi connectivity index (χ4v) is 9.28. The van der Waals surface area contributed by atoms with Crippen LogP contribution in [0.4, 0.5) is 0 Å². The molecule has 0 radical (unpaired) electrons. The lowest BCUT2D eigenvalue weighted by molar-refractivity contribution is 0.0775. The smallest absolute Gasteiger partial charge is 0.257 e. The molecule has 1 nitrogen and oxygen atoms in total. The summed E-state index contributed by atoms with van der Waals surface area (Å²) in [6.07, 6.45) is 2.13. The molecule has 1 saturated heterocycles. The van der Waals surface area contributed by atoms with E-state index in [1.165, 1.54) is 21.5 Å². The van der Waals surface area contributed by atoms with Crippen LogP contribution in [0.15, 0.2) is 121 Å². The molecule has 2 heteroatoms. The highest BCUT2D eigenvalue weighted by Gasteiger charge is 2.51. The Morgan fingerprint density at radius 1 is 0.533 bits per heavy atom. The van der Waals surface area contributed by atoms with Crippen molar-refractivity contribution >= 4 is 18.7 Å². The van der Waals surface area contributed by atoms with Gasteiger partial charge in [0.1, 0.15) is 5.60 Å². The normalized spacial score (nSPS) is 17.3. The molecule has 0 aromatic heterocycles. The Labute approximate surface area is 180 Å². The third-order valence-electron chi connectivity index (χ3n) is 6.37. The molecule has 30 heavy (non-hydrogen) atoms. The zero-order valence-corrected chi connectivity index (χ0v) is 18.1. The van der Waals surface area contributed by atoms with Crippen LogP contribution >= 0.6 is 0 Å². The van der Waals surface area contributed by atoms with Crippen molar-refractivity contribution in [3.8, 4) is 0 Å². The molecule has 0 bridgehead atoms. The van der Waals surface area contributed by atoms with Crippen LogP contribution in [0.1, 0.15) is 24.0 Å². The fourth-order valence-electron chi connectivity index (χ4n) is 4.96. The van der Waals surface area contributed by atoms with E-state index in [2.05, 4.69) is 121 Å². The topological polar surface area (TPSA) is 9.23 Å². The molecular formula is C28H26OSi. The molecule has 0 aliphatic carbocycles. The van der Waals surface area contributed by atoms with Gasteiger partial charge in [-0.1, -0.05) is 121 Å². The summed E-state index contributed by atoms with van der Waals surface area (Å²) in [6.45, 7) is 0. The summed E-state index contributed by atoms with van der Waals surface area (Å²) in [5, 5.41) is 2.71. The lowest BCUT2D eigenvalue weighted by Crippen LogP contribution is -2.66. The molecule has 1 aliphatic rings. The third-order valence-corrected chi connectivity index (χ3v) is 10.7. The van der Waals surface area contributed by atoms with Crippen molar-refractivity contribution in [2.75, 3.05) is 0 Å². The lowest BCUT2D eigenvalue weighted by Gasteiger charge is -2.48. The van der Waals surface area contributed by atoms with Crippen LogP contribution in [0.3, 0.4) is 0 Å². The summed E-state index contributed by atoms with van der Waals surface area (Å²) in [5.74, 6) is 0. The molecule has 5 rings (SSSR count). The van der Waals surface area contributed by atoms with Gasteiger partial charge in [-0.15, -0.1) is 0 Å². The van der Waals surface area contributed by atoms with Crippen molar-refractivity contribution < 1.29 is 4.43 Å². The van der Waals surface area contributed by atoms with E-state index in [9.17, 15) is 0 Å². The Morgan fingerprint density at radius 3 is 1.37 bits per heavy atom. The number of hydrogen-bond acceptors (Lipinski definition) is 1. The van der Waals surface area contributed by atoms with Gasteiger partial charge in [0.2, 0.25) is 0 Å². The summed E-state index contributed by atoms with van der Waals surface area (Å²) in [7, 11) is -2.44. The molecule has 4 aromatic carbocycles. The van der Waals surface area contributed by atoms with Crippen LogP contribution in [0.2, 0.25) is 6.04 Å². The molecule has 1 fully saturated rings. The quantitative estimate of drug-likeness (QED) is 0.407. The van der Waals surface area contributed by atoms with E-state index in [1.807, 2.05) is 0 Å². The van der Waals surface area contributed by atoms with Gasteiger partial charge in [0.05, 0.1) is 0 Å². The zero-order chi connectivity index (χ0) is 20.3. The first-order valence-corrected chi connectivity index (χ1v) is 12.9. The van der Waals surface area contributed by atoms with E-state index in [1.54, 1.807) is 0 Å². The van der Waals surface area contributed by atoms with Gasteiger partial charge in [-0.25, -0.2) is 0 Å². The van der Waals surface area contributed by atoms with Crippen LogP contribution in [0, 0.1) is 0 Å². The highest BCUT2D eigenvalue weighted by molar-refractivity contribution is 6.97.